The van der Waals surface area contributed by atoms with Gasteiger partial charge < -0.3 is 10.1 Å². The van der Waals surface area contributed by atoms with Gasteiger partial charge in [0, 0.05) is 25.7 Å². The Morgan fingerprint density at radius 3 is 2.35 bits per heavy atom. The zero-order valence-electron chi connectivity index (χ0n) is 10.9. The largest absolute Gasteiger partial charge is 0.416 e. The van der Waals surface area contributed by atoms with Gasteiger partial charge in [0.15, 0.2) is 0 Å². The summed E-state index contributed by atoms with van der Waals surface area (Å²) in [6.45, 7) is 1.41. The van der Waals surface area contributed by atoms with Gasteiger partial charge in [-0.3, -0.25) is 4.79 Å². The summed E-state index contributed by atoms with van der Waals surface area (Å²) in [6, 6.07) is 4.81. The van der Waals surface area contributed by atoms with Gasteiger partial charge in [0.25, 0.3) is 0 Å². The van der Waals surface area contributed by atoms with Gasteiger partial charge in [0.2, 0.25) is 5.91 Å². The van der Waals surface area contributed by atoms with E-state index in [1.54, 1.807) is 0 Å². The van der Waals surface area contributed by atoms with Gasteiger partial charge in [-0.25, -0.2) is 0 Å². The lowest BCUT2D eigenvalue weighted by Crippen LogP contribution is -2.33. The van der Waals surface area contributed by atoms with E-state index in [4.69, 9.17) is 4.74 Å². The normalized spacial score (nSPS) is 16.9. The molecule has 110 valence electrons. The highest BCUT2D eigenvalue weighted by Crippen LogP contribution is 2.29. The van der Waals surface area contributed by atoms with Crippen molar-refractivity contribution in [1.82, 2.24) is 5.32 Å². The van der Waals surface area contributed by atoms with E-state index < -0.39 is 11.7 Å². The first kappa shape index (κ1) is 14.8. The lowest BCUT2D eigenvalue weighted by atomic mass is 9.99. The molecule has 0 radical (unpaired) electrons. The lowest BCUT2D eigenvalue weighted by Gasteiger charge is -2.21. The molecule has 6 heteroatoms. The smallest absolute Gasteiger partial charge is 0.381 e. The second-order valence-corrected chi connectivity index (χ2v) is 4.80. The molecule has 0 atom stereocenters. The molecule has 1 saturated heterocycles. The summed E-state index contributed by atoms with van der Waals surface area (Å²) in [4.78, 5) is 11.9. The van der Waals surface area contributed by atoms with Crippen molar-refractivity contribution >= 4 is 5.91 Å². The number of hydrogen-bond acceptors (Lipinski definition) is 2. The van der Waals surface area contributed by atoms with Crippen molar-refractivity contribution in [2.45, 2.75) is 25.6 Å². The standard InChI is InChI=1S/C14H16F3NO2/c15-14(16,17)12-3-1-10(2-4-12)9-18-13(19)11-5-7-20-8-6-11/h1-4,11H,5-9H2,(H,18,19). The zero-order valence-corrected chi connectivity index (χ0v) is 10.9. The molecule has 20 heavy (non-hydrogen) atoms. The Hall–Kier alpha value is -1.56. The summed E-state index contributed by atoms with van der Waals surface area (Å²) >= 11 is 0. The third kappa shape index (κ3) is 3.96. The van der Waals surface area contributed by atoms with Gasteiger partial charge in [-0.1, -0.05) is 12.1 Å². The van der Waals surface area contributed by atoms with E-state index in [-0.39, 0.29) is 18.4 Å². The van der Waals surface area contributed by atoms with Crippen LogP contribution in [-0.4, -0.2) is 19.1 Å². The van der Waals surface area contributed by atoms with Crippen LogP contribution in [0, 0.1) is 5.92 Å². The van der Waals surface area contributed by atoms with Crippen LogP contribution in [0.2, 0.25) is 0 Å². The lowest BCUT2D eigenvalue weighted by molar-refractivity contribution is -0.137. The van der Waals surface area contributed by atoms with Crippen LogP contribution >= 0.6 is 0 Å². The third-order valence-electron chi connectivity index (χ3n) is 3.34. The molecule has 0 aliphatic carbocycles. The first-order chi connectivity index (χ1) is 9.47. The molecule has 2 rings (SSSR count). The monoisotopic (exact) mass is 287 g/mol. The summed E-state index contributed by atoms with van der Waals surface area (Å²) in [5.74, 6) is -0.119. The summed E-state index contributed by atoms with van der Waals surface area (Å²) in [5.41, 5.74) is -0.0320. The van der Waals surface area contributed by atoms with Crippen molar-refractivity contribution in [2.75, 3.05) is 13.2 Å². The third-order valence-corrected chi connectivity index (χ3v) is 3.34. The molecule has 1 fully saturated rings. The molecule has 0 aromatic heterocycles. The predicted molar refractivity (Wildman–Crippen MR) is 66.8 cm³/mol. The quantitative estimate of drug-likeness (QED) is 0.928. The number of hydrogen-bond donors (Lipinski definition) is 1. The Morgan fingerprint density at radius 1 is 1.20 bits per heavy atom. The number of halogens is 3. The van der Waals surface area contributed by atoms with Crippen molar-refractivity contribution in [3.63, 3.8) is 0 Å². The molecular formula is C14H16F3NO2. The van der Waals surface area contributed by atoms with E-state index in [1.807, 2.05) is 0 Å². The zero-order chi connectivity index (χ0) is 14.6. The van der Waals surface area contributed by atoms with Gasteiger partial charge in [0.1, 0.15) is 0 Å². The number of benzene rings is 1. The Labute approximate surface area is 115 Å². The summed E-state index contributed by atoms with van der Waals surface area (Å²) in [5, 5.41) is 2.75. The maximum Gasteiger partial charge on any atom is 0.416 e. The van der Waals surface area contributed by atoms with Crippen molar-refractivity contribution in [1.29, 1.82) is 0 Å². The minimum atomic E-state index is -4.33. The van der Waals surface area contributed by atoms with Crippen molar-refractivity contribution < 1.29 is 22.7 Å². The molecule has 1 amide bonds. The van der Waals surface area contributed by atoms with Gasteiger partial charge in [0.05, 0.1) is 5.56 Å². The van der Waals surface area contributed by atoms with Gasteiger partial charge in [-0.2, -0.15) is 13.2 Å². The maximum absolute atomic E-state index is 12.4. The summed E-state index contributed by atoms with van der Waals surface area (Å²) in [7, 11) is 0. The SMILES string of the molecule is O=C(NCc1ccc(C(F)(F)F)cc1)C1CCOCC1. The number of carbonyl (C=O) groups is 1. The highest BCUT2D eigenvalue weighted by Gasteiger charge is 2.30. The summed E-state index contributed by atoms with van der Waals surface area (Å²) in [6.07, 6.45) is -2.94. The minimum absolute atomic E-state index is 0.0572. The fraction of sp³-hybridized carbons (Fsp3) is 0.500. The number of rotatable bonds is 3. The highest BCUT2D eigenvalue weighted by atomic mass is 19.4. The van der Waals surface area contributed by atoms with Gasteiger partial charge in [-0.05, 0) is 30.5 Å². The Morgan fingerprint density at radius 2 is 1.80 bits per heavy atom. The van der Waals surface area contributed by atoms with E-state index in [9.17, 15) is 18.0 Å². The molecule has 1 aromatic carbocycles. The van der Waals surface area contributed by atoms with Crippen LogP contribution in [0.3, 0.4) is 0 Å². The average Bonchev–Trinajstić information content (AvgIpc) is 2.45. The summed E-state index contributed by atoms with van der Waals surface area (Å²) < 4.78 is 42.4. The fourth-order valence-electron chi connectivity index (χ4n) is 2.10. The van der Waals surface area contributed by atoms with E-state index in [2.05, 4.69) is 5.32 Å². The molecule has 1 heterocycles. The van der Waals surface area contributed by atoms with Crippen LogP contribution in [0.5, 0.6) is 0 Å². The van der Waals surface area contributed by atoms with Crippen molar-refractivity contribution in [3.8, 4) is 0 Å². The molecule has 3 nitrogen and oxygen atoms in total. The molecule has 0 spiro atoms. The molecule has 0 saturated carbocycles. The maximum atomic E-state index is 12.4. The second-order valence-electron chi connectivity index (χ2n) is 4.80. The van der Waals surface area contributed by atoms with Crippen LogP contribution in [-0.2, 0) is 22.3 Å². The number of alkyl halides is 3. The van der Waals surface area contributed by atoms with Gasteiger partial charge in [-0.15, -0.1) is 0 Å². The van der Waals surface area contributed by atoms with E-state index in [0.29, 0.717) is 31.6 Å². The fourth-order valence-corrected chi connectivity index (χ4v) is 2.10. The van der Waals surface area contributed by atoms with E-state index in [1.165, 1.54) is 12.1 Å². The number of nitrogens with one attached hydrogen (secondary N) is 1. The second kappa shape index (κ2) is 6.26. The highest BCUT2D eigenvalue weighted by molar-refractivity contribution is 5.78. The minimum Gasteiger partial charge on any atom is -0.381 e. The molecule has 0 bridgehead atoms. The molecule has 1 aromatic rings. The predicted octanol–water partition coefficient (Wildman–Crippen LogP) is 2.75. The van der Waals surface area contributed by atoms with E-state index in [0.717, 1.165) is 12.1 Å². The van der Waals surface area contributed by atoms with Crippen molar-refractivity contribution in [3.05, 3.63) is 35.4 Å². The molecule has 1 aliphatic rings. The molecular weight excluding hydrogens is 271 g/mol. The number of amides is 1. The molecule has 0 unspecified atom stereocenters. The molecule has 1 aliphatic heterocycles. The van der Waals surface area contributed by atoms with Gasteiger partial charge >= 0.3 is 6.18 Å². The first-order valence-electron chi connectivity index (χ1n) is 6.48. The van der Waals surface area contributed by atoms with Crippen LogP contribution in [0.15, 0.2) is 24.3 Å². The Bertz CT molecular complexity index is 450. The Kier molecular flexibility index (Phi) is 4.65. The number of ether oxygens (including phenoxy) is 1. The first-order valence-corrected chi connectivity index (χ1v) is 6.48. The van der Waals surface area contributed by atoms with Crippen LogP contribution < -0.4 is 5.32 Å². The van der Waals surface area contributed by atoms with Crippen molar-refractivity contribution in [2.24, 2.45) is 5.92 Å². The van der Waals surface area contributed by atoms with Crippen LogP contribution in [0.25, 0.3) is 0 Å². The van der Waals surface area contributed by atoms with E-state index >= 15 is 0 Å². The average molecular weight is 287 g/mol. The van der Waals surface area contributed by atoms with Crippen LogP contribution in [0.4, 0.5) is 13.2 Å². The molecule has 1 N–H and O–H groups in total. The number of carbonyl (C=O) groups excluding carboxylic acids is 1. The topological polar surface area (TPSA) is 38.3 Å². The Balaban J connectivity index is 1.86. The van der Waals surface area contributed by atoms with Crippen LogP contribution in [0.1, 0.15) is 24.0 Å².